The second-order valence-electron chi connectivity index (χ2n) is 2.53. The molecule has 0 aromatic rings. The highest BCUT2D eigenvalue weighted by Crippen LogP contribution is 1.81. The molecule has 1 atom stereocenters. The molecule has 0 rings (SSSR count). The average molecular weight is 210 g/mol. The van der Waals surface area contributed by atoms with Gasteiger partial charge in [-0.15, -0.1) is 0 Å². The standard InChI is InChI=1S/C4H12N2O.C4H10O3/c5-2-1-4(7)3-6;5-1-3-7-4-2-6/h4,7H,1-3,5-6H2;5-6H,1-4H2. The van der Waals surface area contributed by atoms with Gasteiger partial charge in [-0.2, -0.15) is 0 Å². The van der Waals surface area contributed by atoms with E-state index in [1.165, 1.54) is 0 Å². The van der Waals surface area contributed by atoms with Crippen molar-refractivity contribution in [1.82, 2.24) is 0 Å². The van der Waals surface area contributed by atoms with Gasteiger partial charge in [0.1, 0.15) is 0 Å². The first-order valence-electron chi connectivity index (χ1n) is 4.60. The van der Waals surface area contributed by atoms with Crippen LogP contribution in [0, 0.1) is 0 Å². The van der Waals surface area contributed by atoms with Crippen LogP contribution in [-0.2, 0) is 4.74 Å². The smallest absolute Gasteiger partial charge is 0.0698 e. The van der Waals surface area contributed by atoms with Crippen molar-refractivity contribution >= 4 is 0 Å². The van der Waals surface area contributed by atoms with E-state index in [-0.39, 0.29) is 13.2 Å². The van der Waals surface area contributed by atoms with Gasteiger partial charge in [0, 0.05) is 6.54 Å². The molecular formula is C8H22N2O4. The molecule has 1 unspecified atom stereocenters. The maximum absolute atomic E-state index is 8.65. The number of nitrogens with two attached hydrogens (primary N) is 2. The highest BCUT2D eigenvalue weighted by molar-refractivity contribution is 4.53. The van der Waals surface area contributed by atoms with Crippen LogP contribution in [0.1, 0.15) is 6.42 Å². The van der Waals surface area contributed by atoms with Crippen LogP contribution >= 0.6 is 0 Å². The maximum Gasteiger partial charge on any atom is 0.0698 e. The maximum atomic E-state index is 8.65. The second kappa shape index (κ2) is 15.2. The number of hydrogen-bond donors (Lipinski definition) is 5. The molecule has 0 aliphatic rings. The first-order chi connectivity index (χ1) is 6.72. The molecule has 88 valence electrons. The second-order valence-corrected chi connectivity index (χ2v) is 2.53. The van der Waals surface area contributed by atoms with Crippen LogP contribution < -0.4 is 11.5 Å². The molecule has 0 amide bonds. The topological polar surface area (TPSA) is 122 Å². The van der Waals surface area contributed by atoms with Gasteiger partial charge < -0.3 is 31.5 Å². The Morgan fingerprint density at radius 3 is 1.79 bits per heavy atom. The summed E-state index contributed by atoms with van der Waals surface area (Å²) >= 11 is 0. The Morgan fingerprint density at radius 1 is 1.07 bits per heavy atom. The lowest BCUT2D eigenvalue weighted by Gasteiger charge is -2.01. The zero-order valence-corrected chi connectivity index (χ0v) is 8.43. The monoisotopic (exact) mass is 210 g/mol. The first kappa shape index (κ1) is 16.2. The van der Waals surface area contributed by atoms with Crippen molar-refractivity contribution in [2.75, 3.05) is 39.5 Å². The van der Waals surface area contributed by atoms with Crippen molar-refractivity contribution in [3.8, 4) is 0 Å². The molecule has 0 saturated heterocycles. The minimum atomic E-state index is -0.398. The molecule has 0 bridgehead atoms. The van der Waals surface area contributed by atoms with E-state index in [4.69, 9.17) is 26.8 Å². The van der Waals surface area contributed by atoms with E-state index in [9.17, 15) is 0 Å². The lowest BCUT2D eigenvalue weighted by atomic mass is 10.3. The summed E-state index contributed by atoms with van der Waals surface area (Å²) in [7, 11) is 0. The van der Waals surface area contributed by atoms with E-state index in [2.05, 4.69) is 4.74 Å². The van der Waals surface area contributed by atoms with E-state index in [0.717, 1.165) is 0 Å². The van der Waals surface area contributed by atoms with Gasteiger partial charge >= 0.3 is 0 Å². The van der Waals surface area contributed by atoms with Gasteiger partial charge in [-0.25, -0.2) is 0 Å². The number of hydrogen-bond acceptors (Lipinski definition) is 6. The van der Waals surface area contributed by atoms with E-state index in [1.807, 2.05) is 0 Å². The Balaban J connectivity index is 0. The van der Waals surface area contributed by atoms with Crippen molar-refractivity contribution in [3.63, 3.8) is 0 Å². The minimum Gasteiger partial charge on any atom is -0.394 e. The van der Waals surface area contributed by atoms with Gasteiger partial charge in [0.05, 0.1) is 32.5 Å². The van der Waals surface area contributed by atoms with Crippen LogP contribution in [0.5, 0.6) is 0 Å². The van der Waals surface area contributed by atoms with Crippen LogP contribution in [0.2, 0.25) is 0 Å². The Kier molecular flexibility index (Phi) is 17.6. The minimum absolute atomic E-state index is 0.0278. The Hall–Kier alpha value is -0.240. The van der Waals surface area contributed by atoms with Gasteiger partial charge in [-0.05, 0) is 13.0 Å². The molecule has 0 heterocycles. The fraction of sp³-hybridized carbons (Fsp3) is 1.00. The predicted octanol–water partition coefficient (Wildman–Crippen LogP) is -2.36. The van der Waals surface area contributed by atoms with Crippen molar-refractivity contribution in [2.45, 2.75) is 12.5 Å². The van der Waals surface area contributed by atoms with Gasteiger partial charge in [0.2, 0.25) is 0 Å². The largest absolute Gasteiger partial charge is 0.394 e. The molecule has 0 aliphatic carbocycles. The summed E-state index contributed by atoms with van der Waals surface area (Å²) in [5.74, 6) is 0. The number of aliphatic hydroxyl groups is 3. The molecular weight excluding hydrogens is 188 g/mol. The van der Waals surface area contributed by atoms with Crippen molar-refractivity contribution in [3.05, 3.63) is 0 Å². The summed E-state index contributed by atoms with van der Waals surface area (Å²) < 4.78 is 4.63. The normalized spacial score (nSPS) is 11.8. The molecule has 0 aromatic heterocycles. The lowest BCUT2D eigenvalue weighted by Crippen LogP contribution is -2.22. The van der Waals surface area contributed by atoms with Gasteiger partial charge in [-0.1, -0.05) is 0 Å². The van der Waals surface area contributed by atoms with E-state index < -0.39 is 6.10 Å². The van der Waals surface area contributed by atoms with Crippen LogP contribution in [-0.4, -0.2) is 60.9 Å². The highest BCUT2D eigenvalue weighted by atomic mass is 16.5. The first-order valence-corrected chi connectivity index (χ1v) is 4.60. The predicted molar refractivity (Wildman–Crippen MR) is 53.7 cm³/mol. The molecule has 7 N–H and O–H groups in total. The van der Waals surface area contributed by atoms with E-state index >= 15 is 0 Å². The van der Waals surface area contributed by atoms with Crippen molar-refractivity contribution in [1.29, 1.82) is 0 Å². The molecule has 0 fully saturated rings. The fourth-order valence-electron chi connectivity index (χ4n) is 0.541. The number of aliphatic hydroxyl groups excluding tert-OH is 3. The van der Waals surface area contributed by atoms with E-state index in [0.29, 0.717) is 32.7 Å². The molecule has 0 aliphatic heterocycles. The summed E-state index contributed by atoms with van der Waals surface area (Å²) in [5.41, 5.74) is 10.1. The van der Waals surface area contributed by atoms with E-state index in [1.54, 1.807) is 0 Å². The zero-order chi connectivity index (χ0) is 11.2. The quantitative estimate of drug-likeness (QED) is 0.300. The summed E-state index contributed by atoms with van der Waals surface area (Å²) in [6.07, 6.45) is 0.209. The van der Waals surface area contributed by atoms with Crippen LogP contribution in [0.3, 0.4) is 0 Å². The number of rotatable bonds is 7. The third-order valence-electron chi connectivity index (χ3n) is 1.24. The summed E-state index contributed by atoms with van der Waals surface area (Å²) in [4.78, 5) is 0. The number of ether oxygens (including phenoxy) is 1. The summed E-state index contributed by atoms with van der Waals surface area (Å²) in [6.45, 7) is 1.52. The molecule has 6 nitrogen and oxygen atoms in total. The third-order valence-corrected chi connectivity index (χ3v) is 1.24. The third kappa shape index (κ3) is 17.7. The van der Waals surface area contributed by atoms with Crippen LogP contribution in [0.4, 0.5) is 0 Å². The molecule has 0 spiro atoms. The van der Waals surface area contributed by atoms with Crippen molar-refractivity contribution < 1.29 is 20.1 Å². The Labute approximate surface area is 84.5 Å². The Morgan fingerprint density at radius 2 is 1.57 bits per heavy atom. The summed E-state index contributed by atoms with van der Waals surface area (Å²) in [5, 5.41) is 24.8. The zero-order valence-electron chi connectivity index (χ0n) is 8.43. The molecule has 14 heavy (non-hydrogen) atoms. The molecule has 6 heteroatoms. The molecule has 0 radical (unpaired) electrons. The van der Waals surface area contributed by atoms with Gasteiger partial charge in [0.25, 0.3) is 0 Å². The fourth-order valence-corrected chi connectivity index (χ4v) is 0.541. The van der Waals surface area contributed by atoms with Crippen LogP contribution in [0.25, 0.3) is 0 Å². The Bertz CT molecular complexity index is 91.4. The highest BCUT2D eigenvalue weighted by Gasteiger charge is 1.95. The van der Waals surface area contributed by atoms with Crippen molar-refractivity contribution in [2.24, 2.45) is 11.5 Å². The van der Waals surface area contributed by atoms with Gasteiger partial charge in [-0.3, -0.25) is 0 Å². The van der Waals surface area contributed by atoms with Crippen LogP contribution in [0.15, 0.2) is 0 Å². The molecule has 0 aromatic carbocycles. The summed E-state index contributed by atoms with van der Waals surface area (Å²) in [6, 6.07) is 0. The van der Waals surface area contributed by atoms with Gasteiger partial charge in [0.15, 0.2) is 0 Å². The SMILES string of the molecule is NCCC(O)CN.OCCOCCO. The average Bonchev–Trinajstić information content (AvgIpc) is 2.20. The lowest BCUT2D eigenvalue weighted by molar-refractivity contribution is 0.0650. The molecule has 0 saturated carbocycles.